The molecule has 0 spiro atoms. The van der Waals surface area contributed by atoms with E-state index in [0.717, 1.165) is 52.1 Å². The molecule has 0 N–H and O–H groups in total. The Bertz CT molecular complexity index is 2350. The number of aryl methyl sites for hydroxylation is 2. The Morgan fingerprint density at radius 2 is 1.93 bits per heavy atom. The summed E-state index contributed by atoms with van der Waals surface area (Å²) in [5.74, 6) is -0.137. The lowest BCUT2D eigenvalue weighted by molar-refractivity contribution is -0.0366. The molecule has 4 aromatic heterocycles. The largest absolute Gasteiger partial charge is 0.472 e. The molecule has 1 aliphatic heterocycles. The zero-order valence-electron chi connectivity index (χ0n) is 25.5. The molecule has 1 atom stereocenters. The fraction of sp³-hybridized carbons (Fsp3) is 0.265. The van der Waals surface area contributed by atoms with Gasteiger partial charge in [0.1, 0.15) is 35.1 Å². The summed E-state index contributed by atoms with van der Waals surface area (Å²) in [5.41, 5.74) is 5.24. The molecule has 12 heteroatoms. The molecule has 46 heavy (non-hydrogen) atoms. The van der Waals surface area contributed by atoms with E-state index in [1.54, 1.807) is 16.9 Å². The first-order chi connectivity index (χ1) is 22.5. The van der Waals surface area contributed by atoms with Crippen LogP contribution in [0.2, 0.25) is 0 Å². The van der Waals surface area contributed by atoms with E-state index in [9.17, 15) is 5.26 Å². The fourth-order valence-electron chi connectivity index (χ4n) is 6.64. The molecule has 0 radical (unpaired) electrons. The first kappa shape index (κ1) is 28.5. The second-order valence-corrected chi connectivity index (χ2v) is 12.2. The molecule has 0 amide bonds. The number of benzene rings is 3. The number of fused-ring (bicyclic) bond motifs is 5. The number of hydrogen-bond acceptors (Lipinski definition) is 8. The van der Waals surface area contributed by atoms with Crippen LogP contribution in [0.4, 0.5) is 4.39 Å². The van der Waals surface area contributed by atoms with Crippen molar-refractivity contribution in [3.05, 3.63) is 71.7 Å². The second-order valence-electron chi connectivity index (χ2n) is 11.4. The van der Waals surface area contributed by atoms with Crippen LogP contribution in [-0.4, -0.2) is 47.0 Å². The average Bonchev–Trinajstić information content (AvgIpc) is 3.75. The molecule has 1 aliphatic rings. The number of thioether (sulfide) groups is 1. The van der Waals surface area contributed by atoms with Gasteiger partial charge >= 0.3 is 0 Å². The Kier molecular flexibility index (Phi) is 6.88. The minimum atomic E-state index is -0.588. The van der Waals surface area contributed by atoms with E-state index < -0.39 is 5.82 Å². The van der Waals surface area contributed by atoms with Crippen molar-refractivity contribution in [2.24, 2.45) is 14.1 Å². The lowest BCUT2D eigenvalue weighted by atomic mass is 9.94. The van der Waals surface area contributed by atoms with Gasteiger partial charge in [0, 0.05) is 37.0 Å². The summed E-state index contributed by atoms with van der Waals surface area (Å²) >= 11 is 1.43. The summed E-state index contributed by atoms with van der Waals surface area (Å²) in [5, 5.41) is 23.3. The molecule has 0 aliphatic carbocycles. The minimum absolute atomic E-state index is 0.0371. The highest BCUT2D eigenvalue weighted by molar-refractivity contribution is 7.98. The van der Waals surface area contributed by atoms with Crippen molar-refractivity contribution < 1.29 is 13.9 Å². The Labute approximate surface area is 267 Å². The molecule has 0 saturated carbocycles. The first-order valence-electron chi connectivity index (χ1n) is 15.1. The van der Waals surface area contributed by atoms with Gasteiger partial charge in [-0.15, -0.1) is 0 Å². The Morgan fingerprint density at radius 3 is 2.70 bits per heavy atom. The van der Waals surface area contributed by atoms with E-state index in [-0.39, 0.29) is 11.8 Å². The number of aromatic nitrogens is 7. The first-order valence-corrected chi connectivity index (χ1v) is 16.3. The molecule has 0 bridgehead atoms. The predicted octanol–water partition coefficient (Wildman–Crippen LogP) is 7.04. The molecule has 230 valence electrons. The maximum absolute atomic E-state index is 15.3. The molecule has 1 fully saturated rings. The van der Waals surface area contributed by atoms with E-state index >= 15 is 4.39 Å². The zero-order chi connectivity index (χ0) is 31.5. The molecular weight excluding hydrogens is 603 g/mol. The van der Waals surface area contributed by atoms with Crippen LogP contribution in [0.3, 0.4) is 0 Å². The third-order valence-corrected chi connectivity index (χ3v) is 9.31. The van der Waals surface area contributed by atoms with Gasteiger partial charge in [0.25, 0.3) is 0 Å². The van der Waals surface area contributed by atoms with Gasteiger partial charge in [-0.05, 0) is 48.6 Å². The van der Waals surface area contributed by atoms with Crippen LogP contribution in [-0.2, 0) is 25.4 Å². The van der Waals surface area contributed by atoms with Gasteiger partial charge in [0.05, 0.1) is 22.8 Å². The lowest BCUT2D eigenvalue weighted by Gasteiger charge is -2.23. The van der Waals surface area contributed by atoms with Crippen molar-refractivity contribution in [2.75, 3.05) is 12.9 Å². The number of halogens is 1. The van der Waals surface area contributed by atoms with Crippen LogP contribution in [0.25, 0.3) is 55.0 Å². The van der Waals surface area contributed by atoms with Gasteiger partial charge in [0.15, 0.2) is 17.0 Å². The number of rotatable bonds is 6. The van der Waals surface area contributed by atoms with Crippen molar-refractivity contribution >= 4 is 55.5 Å². The molecular formula is C34H29FN8O2S. The van der Waals surface area contributed by atoms with E-state index in [2.05, 4.69) is 6.07 Å². The summed E-state index contributed by atoms with van der Waals surface area (Å²) < 4.78 is 33.5. The minimum Gasteiger partial charge on any atom is -0.472 e. The summed E-state index contributed by atoms with van der Waals surface area (Å²) in [7, 11) is 3.80. The number of hydrogen-bond donors (Lipinski definition) is 0. The van der Waals surface area contributed by atoms with Gasteiger partial charge in [-0.1, -0.05) is 48.2 Å². The van der Waals surface area contributed by atoms with Crippen molar-refractivity contribution in [1.82, 2.24) is 34.1 Å². The molecule has 7 aromatic rings. The van der Waals surface area contributed by atoms with Gasteiger partial charge in [-0.2, -0.15) is 20.4 Å². The van der Waals surface area contributed by atoms with Crippen LogP contribution < -0.4 is 4.74 Å². The van der Waals surface area contributed by atoms with E-state index in [0.29, 0.717) is 51.9 Å². The van der Waals surface area contributed by atoms with E-state index in [1.165, 1.54) is 17.8 Å². The van der Waals surface area contributed by atoms with Crippen molar-refractivity contribution in [2.45, 2.75) is 37.3 Å². The van der Waals surface area contributed by atoms with Gasteiger partial charge in [-0.25, -0.2) is 14.1 Å². The van der Waals surface area contributed by atoms with Crippen molar-refractivity contribution in [1.29, 1.82) is 5.26 Å². The lowest BCUT2D eigenvalue weighted by Crippen LogP contribution is -2.18. The Hall–Kier alpha value is -4.99. The van der Waals surface area contributed by atoms with Crippen LogP contribution in [0.15, 0.2) is 59.9 Å². The van der Waals surface area contributed by atoms with Crippen LogP contribution >= 0.6 is 11.8 Å². The Morgan fingerprint density at radius 1 is 1.09 bits per heavy atom. The highest BCUT2D eigenvalue weighted by Gasteiger charge is 2.29. The molecule has 10 nitrogen and oxygen atoms in total. The summed E-state index contributed by atoms with van der Waals surface area (Å²) in [6, 6.07) is 17.1. The summed E-state index contributed by atoms with van der Waals surface area (Å²) in [6.07, 6.45) is 6.39. The Balaban J connectivity index is 1.44. The molecule has 1 saturated heterocycles. The van der Waals surface area contributed by atoms with Crippen LogP contribution in [0.5, 0.6) is 5.88 Å². The maximum Gasteiger partial charge on any atom is 0.229 e. The second kappa shape index (κ2) is 11.1. The standard InChI is InChI=1S/C34H29FN8O2S/c1-41-31-29(40-42(2)30(31)28-32(41)38-34(46-3)39-33(28)45-18-19-9-5-4-6-10-19)27-22-17-37-43(25-11-7-8-14-44-25)24(22)15-20-12-13-23(35)21(16-36)26(20)27/h4-6,9-10,12-13,15,17,25H,7-8,11,14,18H2,1-3H3. The highest BCUT2D eigenvalue weighted by Crippen LogP contribution is 2.45. The van der Waals surface area contributed by atoms with E-state index in [4.69, 9.17) is 29.6 Å². The SMILES string of the molecule is CSc1nc(OCc2ccccc2)c2c3c(c(-c4c5cnn(C6CCCCO6)c5cc5ccc(F)c(C#N)c45)nn3C)n(C)c2n1. The predicted molar refractivity (Wildman–Crippen MR) is 175 cm³/mol. The quantitative estimate of drug-likeness (QED) is 0.142. The topological polar surface area (TPSA) is 109 Å². The van der Waals surface area contributed by atoms with Gasteiger partial charge in [0.2, 0.25) is 5.88 Å². The van der Waals surface area contributed by atoms with Crippen molar-refractivity contribution in [3.8, 4) is 23.2 Å². The van der Waals surface area contributed by atoms with Crippen molar-refractivity contribution in [3.63, 3.8) is 0 Å². The van der Waals surface area contributed by atoms with Crippen LogP contribution in [0.1, 0.15) is 36.6 Å². The van der Waals surface area contributed by atoms with Gasteiger partial charge < -0.3 is 14.0 Å². The molecule has 8 rings (SSSR count). The molecule has 1 unspecified atom stereocenters. The number of nitriles is 1. The highest BCUT2D eigenvalue weighted by atomic mass is 32.2. The maximum atomic E-state index is 15.3. The average molecular weight is 633 g/mol. The monoisotopic (exact) mass is 632 g/mol. The summed E-state index contributed by atoms with van der Waals surface area (Å²) in [6.45, 7) is 1.000. The smallest absolute Gasteiger partial charge is 0.229 e. The van der Waals surface area contributed by atoms with E-state index in [1.807, 2.05) is 66.0 Å². The van der Waals surface area contributed by atoms with Gasteiger partial charge in [-0.3, -0.25) is 4.68 Å². The number of nitrogens with zero attached hydrogens (tertiary/aromatic N) is 8. The third kappa shape index (κ3) is 4.34. The normalized spacial score (nSPS) is 15.3. The number of ether oxygens (including phenoxy) is 2. The third-order valence-electron chi connectivity index (χ3n) is 8.76. The van der Waals surface area contributed by atoms with Crippen LogP contribution in [0, 0.1) is 17.1 Å². The molecule has 5 heterocycles. The summed E-state index contributed by atoms with van der Waals surface area (Å²) in [4.78, 5) is 9.65. The molecule has 3 aromatic carbocycles. The fourth-order valence-corrected chi connectivity index (χ4v) is 6.99. The zero-order valence-corrected chi connectivity index (χ0v) is 26.3.